The lowest BCUT2D eigenvalue weighted by molar-refractivity contribution is -0.151. The molecule has 0 atom stereocenters. The van der Waals surface area contributed by atoms with Crippen LogP contribution in [-0.4, -0.2) is 27.1 Å². The molecule has 4 nitrogen and oxygen atoms in total. The Kier molecular flexibility index (Phi) is 4.07. The van der Waals surface area contributed by atoms with E-state index in [1.54, 1.807) is 0 Å². The second-order valence-electron chi connectivity index (χ2n) is 2.82. The third-order valence-electron chi connectivity index (χ3n) is 1.29. The minimum absolute atomic E-state index is 0.0933. The minimum Gasteiger partial charge on any atom is -0.481 e. The number of hydrogen-bond donors (Lipinski definition) is 3. The molecule has 0 aromatic rings. The number of hydrogen-bond acceptors (Lipinski definition) is 3. The van der Waals surface area contributed by atoms with E-state index in [1.165, 1.54) is 6.92 Å². The van der Waals surface area contributed by atoms with Crippen LogP contribution in [0, 0.1) is 0 Å². The first-order valence-electron chi connectivity index (χ1n) is 3.58. The SMILES string of the molecule is CC(O)(O)CCCCC(=O)O. The Labute approximate surface area is 65.5 Å². The second kappa shape index (κ2) is 4.31. The minimum atomic E-state index is -1.65. The van der Waals surface area contributed by atoms with Crippen LogP contribution in [0.25, 0.3) is 0 Å². The zero-order valence-electron chi connectivity index (χ0n) is 6.58. The molecule has 0 unspecified atom stereocenters. The summed E-state index contributed by atoms with van der Waals surface area (Å²) in [7, 11) is 0. The molecule has 0 fully saturated rings. The monoisotopic (exact) mass is 162 g/mol. The van der Waals surface area contributed by atoms with E-state index in [0.717, 1.165) is 0 Å². The van der Waals surface area contributed by atoms with E-state index in [0.29, 0.717) is 12.8 Å². The number of aliphatic hydroxyl groups is 2. The molecule has 66 valence electrons. The summed E-state index contributed by atoms with van der Waals surface area (Å²) in [6.07, 6.45) is 1.33. The summed E-state index contributed by atoms with van der Waals surface area (Å²) in [6.45, 7) is 1.29. The van der Waals surface area contributed by atoms with Crippen LogP contribution in [-0.2, 0) is 4.79 Å². The van der Waals surface area contributed by atoms with Crippen molar-refractivity contribution in [2.75, 3.05) is 0 Å². The Morgan fingerprint density at radius 3 is 2.27 bits per heavy atom. The maximum atomic E-state index is 10.00. The normalized spacial score (nSPS) is 11.5. The van der Waals surface area contributed by atoms with Crippen LogP contribution < -0.4 is 0 Å². The molecule has 0 spiro atoms. The van der Waals surface area contributed by atoms with Gasteiger partial charge in [-0.25, -0.2) is 0 Å². The van der Waals surface area contributed by atoms with E-state index in [1.807, 2.05) is 0 Å². The maximum Gasteiger partial charge on any atom is 0.303 e. The second-order valence-corrected chi connectivity index (χ2v) is 2.82. The highest BCUT2D eigenvalue weighted by molar-refractivity contribution is 5.66. The highest BCUT2D eigenvalue weighted by Crippen LogP contribution is 2.10. The lowest BCUT2D eigenvalue weighted by Gasteiger charge is -2.14. The number of carboxylic acids is 1. The highest BCUT2D eigenvalue weighted by Gasteiger charge is 2.13. The molecule has 0 radical (unpaired) electrons. The molecule has 0 aliphatic rings. The molecule has 3 N–H and O–H groups in total. The maximum absolute atomic E-state index is 10.00. The number of rotatable bonds is 5. The lowest BCUT2D eigenvalue weighted by atomic mass is 10.1. The highest BCUT2D eigenvalue weighted by atomic mass is 16.5. The molecule has 0 bridgehead atoms. The summed E-state index contributed by atoms with van der Waals surface area (Å²) in [5.41, 5.74) is 0. The first-order valence-corrected chi connectivity index (χ1v) is 3.58. The smallest absolute Gasteiger partial charge is 0.303 e. The van der Waals surface area contributed by atoms with Gasteiger partial charge in [-0.1, -0.05) is 0 Å². The van der Waals surface area contributed by atoms with Gasteiger partial charge in [0.1, 0.15) is 0 Å². The third-order valence-corrected chi connectivity index (χ3v) is 1.29. The van der Waals surface area contributed by atoms with E-state index in [4.69, 9.17) is 15.3 Å². The van der Waals surface area contributed by atoms with Crippen molar-refractivity contribution >= 4 is 5.97 Å². The average molecular weight is 162 g/mol. The van der Waals surface area contributed by atoms with Gasteiger partial charge in [-0.2, -0.15) is 0 Å². The summed E-state index contributed by atoms with van der Waals surface area (Å²) in [5.74, 6) is -2.50. The van der Waals surface area contributed by atoms with E-state index >= 15 is 0 Å². The van der Waals surface area contributed by atoms with Crippen LogP contribution in [0.2, 0.25) is 0 Å². The quantitative estimate of drug-likeness (QED) is 0.402. The van der Waals surface area contributed by atoms with Gasteiger partial charge in [0.2, 0.25) is 0 Å². The summed E-state index contributed by atoms with van der Waals surface area (Å²) in [5, 5.41) is 25.8. The summed E-state index contributed by atoms with van der Waals surface area (Å²) in [4.78, 5) is 10.00. The molecule has 0 aromatic heterocycles. The molecule has 11 heavy (non-hydrogen) atoms. The van der Waals surface area contributed by atoms with E-state index < -0.39 is 11.8 Å². The summed E-state index contributed by atoms with van der Waals surface area (Å²) in [6, 6.07) is 0. The standard InChI is InChI=1S/C7H14O4/c1-7(10,11)5-3-2-4-6(8)9/h10-11H,2-5H2,1H3,(H,8,9). The molecular weight excluding hydrogens is 148 g/mol. The predicted octanol–water partition coefficient (Wildman–Crippen LogP) is 0.332. The van der Waals surface area contributed by atoms with Gasteiger partial charge in [0.25, 0.3) is 0 Å². The fourth-order valence-corrected chi connectivity index (χ4v) is 0.736. The van der Waals surface area contributed by atoms with Gasteiger partial charge in [-0.3, -0.25) is 4.79 Å². The van der Waals surface area contributed by atoms with Crippen LogP contribution in [0.15, 0.2) is 0 Å². The Bertz CT molecular complexity index is 125. The number of aliphatic carboxylic acids is 1. The van der Waals surface area contributed by atoms with Crippen LogP contribution in [0.1, 0.15) is 32.6 Å². The Morgan fingerprint density at radius 2 is 1.91 bits per heavy atom. The predicted molar refractivity (Wildman–Crippen MR) is 38.9 cm³/mol. The fraction of sp³-hybridized carbons (Fsp3) is 0.857. The topological polar surface area (TPSA) is 77.8 Å². The van der Waals surface area contributed by atoms with Crippen molar-refractivity contribution in [2.45, 2.75) is 38.4 Å². The fourth-order valence-electron chi connectivity index (χ4n) is 0.736. The Hall–Kier alpha value is -0.610. The van der Waals surface area contributed by atoms with Crippen molar-refractivity contribution in [3.8, 4) is 0 Å². The largest absolute Gasteiger partial charge is 0.481 e. The van der Waals surface area contributed by atoms with Gasteiger partial charge < -0.3 is 15.3 Å². The van der Waals surface area contributed by atoms with Gasteiger partial charge in [0.15, 0.2) is 5.79 Å². The molecule has 0 heterocycles. The van der Waals surface area contributed by atoms with E-state index in [9.17, 15) is 4.79 Å². The number of carboxylic acid groups (broad SMARTS) is 1. The van der Waals surface area contributed by atoms with Crippen LogP contribution in [0.4, 0.5) is 0 Å². The van der Waals surface area contributed by atoms with E-state index in [-0.39, 0.29) is 12.8 Å². The first-order chi connectivity index (χ1) is 4.92. The Balaban J connectivity index is 3.22. The number of carbonyl (C=O) groups is 1. The van der Waals surface area contributed by atoms with Crippen molar-refractivity contribution in [2.24, 2.45) is 0 Å². The van der Waals surface area contributed by atoms with Crippen molar-refractivity contribution < 1.29 is 20.1 Å². The molecule has 0 aromatic carbocycles. The van der Waals surface area contributed by atoms with Crippen molar-refractivity contribution in [3.63, 3.8) is 0 Å². The van der Waals surface area contributed by atoms with E-state index in [2.05, 4.69) is 0 Å². The third kappa shape index (κ3) is 9.39. The zero-order chi connectivity index (χ0) is 8.91. The van der Waals surface area contributed by atoms with Gasteiger partial charge in [0.05, 0.1) is 0 Å². The molecule has 0 rings (SSSR count). The molecule has 0 aliphatic heterocycles. The molecule has 4 heteroatoms. The van der Waals surface area contributed by atoms with Crippen LogP contribution in [0.3, 0.4) is 0 Å². The van der Waals surface area contributed by atoms with Crippen molar-refractivity contribution in [1.82, 2.24) is 0 Å². The molecule has 0 aliphatic carbocycles. The van der Waals surface area contributed by atoms with Crippen molar-refractivity contribution in [1.29, 1.82) is 0 Å². The molecule has 0 amide bonds. The van der Waals surface area contributed by atoms with Crippen LogP contribution in [0.5, 0.6) is 0 Å². The summed E-state index contributed by atoms with van der Waals surface area (Å²) >= 11 is 0. The Morgan fingerprint density at radius 1 is 1.36 bits per heavy atom. The van der Waals surface area contributed by atoms with Gasteiger partial charge in [0, 0.05) is 12.8 Å². The molecule has 0 saturated heterocycles. The van der Waals surface area contributed by atoms with Crippen molar-refractivity contribution in [3.05, 3.63) is 0 Å². The lowest BCUT2D eigenvalue weighted by Crippen LogP contribution is -2.22. The van der Waals surface area contributed by atoms with Gasteiger partial charge in [-0.05, 0) is 19.8 Å². The molecule has 0 saturated carbocycles. The first kappa shape index (κ1) is 10.4. The zero-order valence-corrected chi connectivity index (χ0v) is 6.58. The summed E-state index contributed by atoms with van der Waals surface area (Å²) < 4.78 is 0. The molecular formula is C7H14O4. The number of unbranched alkanes of at least 4 members (excludes halogenated alkanes) is 1. The average Bonchev–Trinajstić information content (AvgIpc) is 1.78. The van der Waals surface area contributed by atoms with Gasteiger partial charge >= 0.3 is 5.97 Å². The van der Waals surface area contributed by atoms with Crippen LogP contribution >= 0.6 is 0 Å². The van der Waals surface area contributed by atoms with Gasteiger partial charge in [-0.15, -0.1) is 0 Å².